The van der Waals surface area contributed by atoms with Crippen molar-refractivity contribution in [3.8, 4) is 0 Å². The van der Waals surface area contributed by atoms with Gasteiger partial charge in [-0.15, -0.1) is 23.5 Å². The molecule has 4 aliphatic rings. The van der Waals surface area contributed by atoms with E-state index in [4.69, 9.17) is 0 Å². The van der Waals surface area contributed by atoms with Crippen LogP contribution >= 0.6 is 23.5 Å². The number of amides is 1. The lowest BCUT2D eigenvalue weighted by molar-refractivity contribution is -0.130. The Bertz CT molecular complexity index is 1440. The lowest BCUT2D eigenvalue weighted by Gasteiger charge is -2.40. The minimum atomic E-state index is 0. The molecule has 4 fully saturated rings. The van der Waals surface area contributed by atoms with Crippen molar-refractivity contribution >= 4 is 40.6 Å². The molecule has 4 saturated heterocycles. The van der Waals surface area contributed by atoms with E-state index in [1.807, 2.05) is 28.4 Å². The Kier molecular flexibility index (Phi) is 15.7. The molecular weight excluding hydrogens is 665 g/mol. The molecule has 282 valence electrons. The average Bonchev–Trinajstić information content (AvgIpc) is 3.15. The molecule has 0 spiro atoms. The fourth-order valence-corrected chi connectivity index (χ4v) is 9.98. The molecule has 1 amide bonds. The summed E-state index contributed by atoms with van der Waals surface area (Å²) in [6, 6.07) is 19.8. The lowest BCUT2D eigenvalue weighted by atomic mass is 9.92. The number of carbonyl (C=O) groups excluding carboxylic acids is 1. The smallest absolute Gasteiger partial charge is 0.219 e. The van der Waals surface area contributed by atoms with Gasteiger partial charge in [0.05, 0.1) is 0 Å². The van der Waals surface area contributed by atoms with Crippen molar-refractivity contribution in [1.82, 2.24) is 20.0 Å². The third kappa shape index (κ3) is 12.0. The first-order valence-electron chi connectivity index (χ1n) is 19.9. The molecule has 0 saturated carbocycles. The van der Waals surface area contributed by atoms with Crippen LogP contribution in [0.15, 0.2) is 69.5 Å². The summed E-state index contributed by atoms with van der Waals surface area (Å²) in [6.45, 7) is 24.4. The van der Waals surface area contributed by atoms with Gasteiger partial charge < -0.3 is 10.2 Å². The fraction of sp³-hybridized carbons (Fsp3) is 0.614. The summed E-state index contributed by atoms with van der Waals surface area (Å²) in [6.07, 6.45) is 9.78. The van der Waals surface area contributed by atoms with Gasteiger partial charge in [-0.05, 0) is 125 Å². The Hall–Kier alpha value is -2.03. The summed E-state index contributed by atoms with van der Waals surface area (Å²) in [5.41, 5.74) is 9.07. The van der Waals surface area contributed by atoms with Gasteiger partial charge >= 0.3 is 0 Å². The summed E-state index contributed by atoms with van der Waals surface area (Å²) in [5.74, 6) is 0.228. The normalized spacial score (nSPS) is 20.1. The number of allylic oxidation sites excluding steroid dienone is 2. The van der Waals surface area contributed by atoms with Gasteiger partial charge in [-0.3, -0.25) is 14.6 Å². The maximum atomic E-state index is 11.5. The van der Waals surface area contributed by atoms with Gasteiger partial charge in [-0.25, -0.2) is 0 Å². The van der Waals surface area contributed by atoms with Crippen LogP contribution in [0.5, 0.6) is 0 Å². The Morgan fingerprint density at radius 2 is 0.980 bits per heavy atom. The zero-order chi connectivity index (χ0) is 36.3. The number of carbonyl (C=O) groups is 1. The summed E-state index contributed by atoms with van der Waals surface area (Å²) in [7, 11) is 0. The van der Waals surface area contributed by atoms with Gasteiger partial charge in [-0.1, -0.05) is 63.1 Å². The molecule has 51 heavy (non-hydrogen) atoms. The maximum absolute atomic E-state index is 11.5. The Morgan fingerprint density at radius 3 is 1.33 bits per heavy atom. The Balaban J connectivity index is 0.000000230. The number of likely N-dealkylation sites (tertiary alicyclic amines) is 3. The van der Waals surface area contributed by atoms with Crippen LogP contribution in [0.1, 0.15) is 112 Å². The van der Waals surface area contributed by atoms with E-state index in [0.29, 0.717) is 16.5 Å². The predicted octanol–water partition coefficient (Wildman–Crippen LogP) is 10.1. The van der Waals surface area contributed by atoms with E-state index in [2.05, 4.69) is 105 Å². The highest BCUT2D eigenvalue weighted by atomic mass is 32.2. The second-order valence-corrected chi connectivity index (χ2v) is 18.9. The van der Waals surface area contributed by atoms with Gasteiger partial charge in [0.2, 0.25) is 5.91 Å². The van der Waals surface area contributed by atoms with Gasteiger partial charge in [0, 0.05) is 80.0 Å². The minimum Gasteiger partial charge on any atom is -0.343 e. The van der Waals surface area contributed by atoms with Gasteiger partial charge in [-0.2, -0.15) is 0 Å². The van der Waals surface area contributed by atoms with Crippen LogP contribution in [0.4, 0.5) is 0 Å². The maximum Gasteiger partial charge on any atom is 0.219 e. The van der Waals surface area contributed by atoms with E-state index in [1.165, 1.54) is 110 Å². The monoisotopic (exact) mass is 732 g/mol. The molecule has 0 bridgehead atoms. The number of hydrogen-bond donors (Lipinski definition) is 1. The summed E-state index contributed by atoms with van der Waals surface area (Å²) >= 11 is 3.87. The molecular formula is C44H68N4OS2. The number of nitrogens with one attached hydrogen (secondary N) is 1. The molecule has 0 radical (unpaired) electrons. The highest BCUT2D eigenvalue weighted by Gasteiger charge is 2.28. The number of piperidine rings is 4. The van der Waals surface area contributed by atoms with Gasteiger partial charge in [0.25, 0.3) is 0 Å². The molecule has 0 aromatic heterocycles. The van der Waals surface area contributed by atoms with Crippen LogP contribution < -0.4 is 5.32 Å². The van der Waals surface area contributed by atoms with E-state index in [9.17, 15) is 4.79 Å². The molecule has 2 aromatic rings. The van der Waals surface area contributed by atoms with E-state index < -0.39 is 0 Å². The van der Waals surface area contributed by atoms with Crippen molar-refractivity contribution in [2.75, 3.05) is 52.4 Å². The topological polar surface area (TPSA) is 38.8 Å². The third-order valence-corrected chi connectivity index (χ3v) is 13.5. The first-order valence-corrected chi connectivity index (χ1v) is 21.7. The van der Waals surface area contributed by atoms with Gasteiger partial charge in [0.1, 0.15) is 0 Å². The third-order valence-electron chi connectivity index (χ3n) is 11.4. The van der Waals surface area contributed by atoms with Crippen LogP contribution in [0.2, 0.25) is 0 Å². The second-order valence-electron chi connectivity index (χ2n) is 15.6. The quantitative estimate of drug-likeness (QED) is 0.273. The van der Waals surface area contributed by atoms with Crippen molar-refractivity contribution < 1.29 is 6.22 Å². The zero-order valence-corrected chi connectivity index (χ0v) is 34.4. The van der Waals surface area contributed by atoms with Crippen LogP contribution in [0.3, 0.4) is 0 Å². The molecule has 0 aliphatic carbocycles. The molecule has 1 N–H and O–H groups in total. The standard InChI is InChI=1S/C23H34N2OS.C21H32N2S.H2/c1-17(2)27-23-7-5-20(6-8-23)18(3)21-9-13-25(14-10-21)22-11-15-24(16-12-22)19(4)26;1-16(2)24-21-6-4-18(5-7-21)17(3)19-10-14-23(15-11-19)20-8-12-22-13-9-20;/h5-8,17,22H,9-16H2,1-4H3;4-7,16,20,22H,8-15H2,1-3H3;1H. The molecule has 0 atom stereocenters. The molecule has 2 aromatic carbocycles. The highest BCUT2D eigenvalue weighted by Crippen LogP contribution is 2.32. The second kappa shape index (κ2) is 19.9. The SMILES string of the molecule is CC(=C1CCN(C2CCNCC2)CC1)c1ccc(SC(C)C)cc1.CC(=O)N1CCC(N2CCC(=C(C)c3ccc(SC(C)C)cc3)CC2)CC1.[HH]. The highest BCUT2D eigenvalue weighted by molar-refractivity contribution is 8.00. The summed E-state index contributed by atoms with van der Waals surface area (Å²) < 4.78 is 0. The van der Waals surface area contributed by atoms with Crippen molar-refractivity contribution in [3.05, 3.63) is 70.8 Å². The van der Waals surface area contributed by atoms with Crippen molar-refractivity contribution in [3.63, 3.8) is 0 Å². The lowest BCUT2D eigenvalue weighted by Crippen LogP contribution is -2.48. The van der Waals surface area contributed by atoms with Crippen molar-refractivity contribution in [2.24, 2.45) is 0 Å². The van der Waals surface area contributed by atoms with Crippen molar-refractivity contribution in [2.45, 2.75) is 132 Å². The first kappa shape index (κ1) is 40.2. The number of benzene rings is 2. The number of rotatable bonds is 8. The largest absolute Gasteiger partial charge is 0.343 e. The molecule has 6 rings (SSSR count). The van der Waals surface area contributed by atoms with E-state index in [-0.39, 0.29) is 7.33 Å². The molecule has 7 heteroatoms. The minimum absolute atomic E-state index is 0. The first-order chi connectivity index (χ1) is 24.6. The number of nitrogens with zero attached hydrogens (tertiary/aromatic N) is 3. The molecule has 5 nitrogen and oxygen atoms in total. The van der Waals surface area contributed by atoms with Crippen LogP contribution in [-0.4, -0.2) is 95.5 Å². The van der Waals surface area contributed by atoms with E-state index in [0.717, 1.165) is 32.0 Å². The zero-order valence-electron chi connectivity index (χ0n) is 32.8. The van der Waals surface area contributed by atoms with Crippen LogP contribution in [-0.2, 0) is 4.79 Å². The number of thioether (sulfide) groups is 2. The molecule has 0 unspecified atom stereocenters. The number of hydrogen-bond acceptors (Lipinski definition) is 6. The summed E-state index contributed by atoms with van der Waals surface area (Å²) in [4.78, 5) is 21.7. The van der Waals surface area contributed by atoms with E-state index >= 15 is 0 Å². The summed E-state index contributed by atoms with van der Waals surface area (Å²) in [5, 5.41) is 4.76. The average molecular weight is 733 g/mol. The molecule has 4 heterocycles. The van der Waals surface area contributed by atoms with Crippen molar-refractivity contribution in [1.29, 1.82) is 0 Å². The van der Waals surface area contributed by atoms with Crippen LogP contribution in [0, 0.1) is 0 Å². The van der Waals surface area contributed by atoms with Gasteiger partial charge in [0.15, 0.2) is 0 Å². The Morgan fingerprint density at radius 1 is 0.608 bits per heavy atom. The predicted molar refractivity (Wildman–Crippen MR) is 225 cm³/mol. The van der Waals surface area contributed by atoms with E-state index in [1.54, 1.807) is 18.1 Å². The Labute approximate surface area is 320 Å². The fourth-order valence-electron chi connectivity index (χ4n) is 8.31. The molecule has 4 aliphatic heterocycles. The van der Waals surface area contributed by atoms with Crippen LogP contribution in [0.25, 0.3) is 11.1 Å².